The zero-order valence-corrected chi connectivity index (χ0v) is 12.0. The molecular formula is C11H18N4O4S. The van der Waals surface area contributed by atoms with Gasteiger partial charge >= 0.3 is 0 Å². The summed E-state index contributed by atoms with van der Waals surface area (Å²) < 4.78 is 29.4. The summed E-state index contributed by atoms with van der Waals surface area (Å²) in [6.07, 6.45) is 4.21. The van der Waals surface area contributed by atoms with Crippen LogP contribution in [0, 0.1) is 0 Å². The molecule has 9 heteroatoms. The number of hydrogen-bond donors (Lipinski definition) is 2. The predicted octanol–water partition coefficient (Wildman–Crippen LogP) is -0.0348. The second-order valence-corrected chi connectivity index (χ2v) is 6.31. The van der Waals surface area contributed by atoms with E-state index in [4.69, 9.17) is 9.88 Å². The van der Waals surface area contributed by atoms with Gasteiger partial charge in [0, 0.05) is 26.3 Å². The third kappa shape index (κ3) is 3.78. The molecule has 1 saturated heterocycles. The van der Waals surface area contributed by atoms with Crippen molar-refractivity contribution in [3.63, 3.8) is 0 Å². The molecule has 8 nitrogen and oxygen atoms in total. The van der Waals surface area contributed by atoms with Gasteiger partial charge in [-0.15, -0.1) is 0 Å². The van der Waals surface area contributed by atoms with Crippen molar-refractivity contribution in [3.8, 4) is 0 Å². The van der Waals surface area contributed by atoms with Crippen LogP contribution >= 0.6 is 0 Å². The maximum Gasteiger partial charge on any atom is 0.243 e. The number of ether oxygens (including phenoxy) is 1. The molecule has 1 aromatic rings. The zero-order valence-electron chi connectivity index (χ0n) is 11.2. The molecule has 20 heavy (non-hydrogen) atoms. The Labute approximate surface area is 117 Å². The molecule has 0 saturated carbocycles. The summed E-state index contributed by atoms with van der Waals surface area (Å²) in [5, 5.41) is 11.4. The molecular weight excluding hydrogens is 284 g/mol. The van der Waals surface area contributed by atoms with Crippen LogP contribution in [0.2, 0.25) is 0 Å². The van der Waals surface area contributed by atoms with Crippen molar-refractivity contribution in [1.29, 1.82) is 0 Å². The number of nitrogens with zero attached hydrogens (tertiary/aromatic N) is 2. The maximum atomic E-state index is 11.8. The van der Waals surface area contributed by atoms with Gasteiger partial charge in [-0.3, -0.25) is 9.48 Å². The third-order valence-corrected chi connectivity index (χ3v) is 3.99. The molecule has 1 aliphatic rings. The van der Waals surface area contributed by atoms with Gasteiger partial charge < -0.3 is 10.1 Å². The Hall–Kier alpha value is -1.45. The van der Waals surface area contributed by atoms with Gasteiger partial charge in [0.1, 0.15) is 4.90 Å². The van der Waals surface area contributed by atoms with Crippen LogP contribution in [0.25, 0.3) is 0 Å². The molecule has 0 bridgehead atoms. The average Bonchev–Trinajstić information content (AvgIpc) is 2.95. The average molecular weight is 302 g/mol. The van der Waals surface area contributed by atoms with Crippen LogP contribution < -0.4 is 10.5 Å². The van der Waals surface area contributed by atoms with Gasteiger partial charge in [0.2, 0.25) is 15.9 Å². The minimum Gasteiger partial charge on any atom is -0.378 e. The lowest BCUT2D eigenvalue weighted by Gasteiger charge is -2.08. The molecule has 0 radical (unpaired) electrons. The summed E-state index contributed by atoms with van der Waals surface area (Å²) in [5.74, 6) is -0.337. The molecule has 112 valence electrons. The topological polar surface area (TPSA) is 116 Å². The highest BCUT2D eigenvalue weighted by molar-refractivity contribution is 7.89. The van der Waals surface area contributed by atoms with Gasteiger partial charge in [-0.05, 0) is 19.3 Å². The van der Waals surface area contributed by atoms with Crippen LogP contribution in [0.5, 0.6) is 0 Å². The lowest BCUT2D eigenvalue weighted by molar-refractivity contribution is -0.116. The quantitative estimate of drug-likeness (QED) is 0.792. The lowest BCUT2D eigenvalue weighted by Crippen LogP contribution is -2.19. The number of aryl methyl sites for hydroxylation is 1. The molecule has 1 aromatic heterocycles. The highest BCUT2D eigenvalue weighted by Gasteiger charge is 2.21. The fourth-order valence-corrected chi connectivity index (χ4v) is 2.78. The molecule has 3 N–H and O–H groups in total. The number of carbonyl (C=O) groups excluding carboxylic acids is 1. The van der Waals surface area contributed by atoms with Crippen LogP contribution in [0.1, 0.15) is 25.7 Å². The molecule has 0 aromatic carbocycles. The molecule has 0 aliphatic carbocycles. The number of amides is 1. The highest BCUT2D eigenvalue weighted by Crippen LogP contribution is 2.19. The van der Waals surface area contributed by atoms with Gasteiger partial charge in [-0.1, -0.05) is 0 Å². The van der Waals surface area contributed by atoms with Crippen LogP contribution in [-0.4, -0.2) is 36.8 Å². The van der Waals surface area contributed by atoms with Gasteiger partial charge in [0.25, 0.3) is 0 Å². The van der Waals surface area contributed by atoms with E-state index in [0.717, 1.165) is 19.4 Å². The fraction of sp³-hybridized carbons (Fsp3) is 0.636. The molecule has 1 amide bonds. The summed E-state index contributed by atoms with van der Waals surface area (Å²) in [4.78, 5) is 11.6. The minimum atomic E-state index is -3.91. The van der Waals surface area contributed by atoms with E-state index in [0.29, 0.717) is 6.42 Å². The second kappa shape index (κ2) is 5.90. The number of rotatable bonds is 5. The van der Waals surface area contributed by atoms with Crippen LogP contribution in [0.3, 0.4) is 0 Å². The molecule has 2 rings (SSSR count). The number of nitrogens with two attached hydrogens (primary N) is 1. The van der Waals surface area contributed by atoms with Crippen LogP contribution in [0.4, 0.5) is 5.82 Å². The van der Waals surface area contributed by atoms with E-state index in [2.05, 4.69) is 10.4 Å². The summed E-state index contributed by atoms with van der Waals surface area (Å²) in [5.41, 5.74) is 0. The Morgan fingerprint density at radius 2 is 2.40 bits per heavy atom. The SMILES string of the molecule is Cn1cc(S(N)(=O)=O)c(NC(=O)CCC2CCCO2)n1. The lowest BCUT2D eigenvalue weighted by atomic mass is 10.1. The Kier molecular flexibility index (Phi) is 4.41. The number of hydrogen-bond acceptors (Lipinski definition) is 5. The summed E-state index contributed by atoms with van der Waals surface area (Å²) in [6.45, 7) is 0.738. The number of aromatic nitrogens is 2. The minimum absolute atomic E-state index is 0.0349. The fourth-order valence-electron chi connectivity index (χ4n) is 2.12. The molecule has 2 heterocycles. The first-order chi connectivity index (χ1) is 9.36. The van der Waals surface area contributed by atoms with Crippen molar-refractivity contribution in [1.82, 2.24) is 9.78 Å². The van der Waals surface area contributed by atoms with E-state index < -0.39 is 10.0 Å². The first kappa shape index (κ1) is 14.9. The number of primary sulfonamides is 1. The Bertz CT molecular complexity index is 590. The number of anilines is 1. The van der Waals surface area contributed by atoms with Crippen molar-refractivity contribution >= 4 is 21.7 Å². The van der Waals surface area contributed by atoms with Crippen molar-refractivity contribution < 1.29 is 17.9 Å². The third-order valence-electron chi connectivity index (χ3n) is 3.08. The molecule has 1 aliphatic heterocycles. The molecule has 1 fully saturated rings. The largest absolute Gasteiger partial charge is 0.378 e. The monoisotopic (exact) mass is 302 g/mol. The Morgan fingerprint density at radius 1 is 1.65 bits per heavy atom. The van der Waals surface area contributed by atoms with Gasteiger partial charge in [0.05, 0.1) is 6.10 Å². The highest BCUT2D eigenvalue weighted by atomic mass is 32.2. The van der Waals surface area contributed by atoms with E-state index in [-0.39, 0.29) is 29.1 Å². The standard InChI is InChI=1S/C11H18N4O4S/c1-15-7-9(20(12,17)18)11(14-15)13-10(16)5-4-8-3-2-6-19-8/h7-8H,2-6H2,1H3,(H2,12,17,18)(H,13,14,16). The Balaban J connectivity index is 1.97. The summed E-state index contributed by atoms with van der Waals surface area (Å²) in [6, 6.07) is 0. The smallest absolute Gasteiger partial charge is 0.243 e. The summed E-state index contributed by atoms with van der Waals surface area (Å²) >= 11 is 0. The van der Waals surface area contributed by atoms with Crippen molar-refractivity contribution in [2.45, 2.75) is 36.7 Å². The number of sulfonamides is 1. The van der Waals surface area contributed by atoms with Crippen molar-refractivity contribution in [2.75, 3.05) is 11.9 Å². The van der Waals surface area contributed by atoms with E-state index in [1.54, 1.807) is 7.05 Å². The Morgan fingerprint density at radius 3 is 3.00 bits per heavy atom. The normalized spacial score (nSPS) is 19.2. The first-order valence-electron chi connectivity index (χ1n) is 6.34. The van der Waals surface area contributed by atoms with Gasteiger partial charge in [0.15, 0.2) is 5.82 Å². The van der Waals surface area contributed by atoms with E-state index >= 15 is 0 Å². The first-order valence-corrected chi connectivity index (χ1v) is 7.89. The summed E-state index contributed by atoms with van der Waals surface area (Å²) in [7, 11) is -2.36. The van der Waals surface area contributed by atoms with Crippen molar-refractivity contribution in [2.24, 2.45) is 12.2 Å². The second-order valence-electron chi connectivity index (χ2n) is 4.78. The molecule has 1 unspecified atom stereocenters. The van der Waals surface area contributed by atoms with Gasteiger partial charge in [-0.25, -0.2) is 13.6 Å². The molecule has 0 spiro atoms. The van der Waals surface area contributed by atoms with Crippen LogP contribution in [0.15, 0.2) is 11.1 Å². The van der Waals surface area contributed by atoms with E-state index in [9.17, 15) is 13.2 Å². The van der Waals surface area contributed by atoms with Crippen molar-refractivity contribution in [3.05, 3.63) is 6.20 Å². The molecule has 1 atom stereocenters. The predicted molar refractivity (Wildman–Crippen MR) is 71.4 cm³/mol. The number of carbonyl (C=O) groups is 1. The van der Waals surface area contributed by atoms with Gasteiger partial charge in [-0.2, -0.15) is 5.10 Å². The van der Waals surface area contributed by atoms with E-state index in [1.807, 2.05) is 0 Å². The van der Waals surface area contributed by atoms with Crippen LogP contribution in [-0.2, 0) is 26.6 Å². The number of nitrogens with one attached hydrogen (secondary N) is 1. The maximum absolute atomic E-state index is 11.8. The zero-order chi connectivity index (χ0) is 14.8. The van der Waals surface area contributed by atoms with E-state index in [1.165, 1.54) is 10.9 Å².